The summed E-state index contributed by atoms with van der Waals surface area (Å²) < 4.78 is 23.0. The minimum absolute atomic E-state index is 0.429. The van der Waals surface area contributed by atoms with E-state index in [1.165, 1.54) is 10.9 Å². The molecule has 0 amide bonds. The third-order valence-corrected chi connectivity index (χ3v) is 5.32. The van der Waals surface area contributed by atoms with E-state index in [1.807, 2.05) is 18.3 Å². The minimum atomic E-state index is -3.43. The van der Waals surface area contributed by atoms with E-state index in [4.69, 9.17) is 5.14 Å². The molecule has 3 N–H and O–H groups in total. The number of hydrogen-bond donors (Lipinski definition) is 2. The van der Waals surface area contributed by atoms with Gasteiger partial charge in [0, 0.05) is 30.2 Å². The van der Waals surface area contributed by atoms with Crippen LogP contribution in [0.25, 0.3) is 10.9 Å². The quantitative estimate of drug-likeness (QED) is 0.898. The molecule has 3 rings (SSSR count). The second kappa shape index (κ2) is 5.20. The highest BCUT2D eigenvalue weighted by molar-refractivity contribution is 7.89. The summed E-state index contributed by atoms with van der Waals surface area (Å²) in [6, 6.07) is 8.22. The van der Waals surface area contributed by atoms with Crippen molar-refractivity contribution in [3.63, 3.8) is 0 Å². The van der Waals surface area contributed by atoms with Crippen LogP contribution in [0.1, 0.15) is 18.4 Å². The van der Waals surface area contributed by atoms with E-state index in [1.54, 1.807) is 0 Å². The van der Waals surface area contributed by atoms with E-state index in [-0.39, 0.29) is 0 Å². The fourth-order valence-corrected chi connectivity index (χ4v) is 3.87. The van der Waals surface area contributed by atoms with Crippen molar-refractivity contribution in [3.8, 4) is 0 Å². The molecule has 0 aliphatic carbocycles. The van der Waals surface area contributed by atoms with Gasteiger partial charge in [0.15, 0.2) is 0 Å². The summed E-state index contributed by atoms with van der Waals surface area (Å²) in [6.07, 6.45) is 3.48. The van der Waals surface area contributed by atoms with Crippen molar-refractivity contribution in [2.24, 2.45) is 5.14 Å². The Hall–Kier alpha value is -1.37. The molecular weight excluding hydrogens is 274 g/mol. The molecule has 20 heavy (non-hydrogen) atoms. The van der Waals surface area contributed by atoms with Crippen molar-refractivity contribution in [2.45, 2.75) is 24.6 Å². The number of H-pyrrole nitrogens is 1. The van der Waals surface area contributed by atoms with Crippen LogP contribution in [-0.2, 0) is 16.6 Å². The summed E-state index contributed by atoms with van der Waals surface area (Å²) in [5, 5.41) is 6.05. The van der Waals surface area contributed by atoms with Gasteiger partial charge in [0.2, 0.25) is 10.0 Å². The van der Waals surface area contributed by atoms with Crippen LogP contribution in [0, 0.1) is 0 Å². The number of primary sulfonamides is 1. The molecule has 0 bridgehead atoms. The third kappa shape index (κ3) is 2.72. The minimum Gasteiger partial charge on any atom is -0.361 e. The lowest BCUT2D eigenvalue weighted by Gasteiger charge is -2.31. The van der Waals surface area contributed by atoms with Crippen molar-refractivity contribution in [3.05, 3.63) is 36.0 Å². The Morgan fingerprint density at radius 2 is 2.20 bits per heavy atom. The molecule has 0 saturated carbocycles. The Morgan fingerprint density at radius 1 is 1.35 bits per heavy atom. The van der Waals surface area contributed by atoms with Crippen molar-refractivity contribution >= 4 is 20.9 Å². The summed E-state index contributed by atoms with van der Waals surface area (Å²) in [6.45, 7) is 2.22. The van der Waals surface area contributed by atoms with Gasteiger partial charge in [-0.15, -0.1) is 0 Å². The first-order valence-corrected chi connectivity index (χ1v) is 8.44. The molecule has 1 aromatic carbocycles. The maximum absolute atomic E-state index is 11.5. The lowest BCUT2D eigenvalue weighted by molar-refractivity contribution is 0.223. The molecule has 1 aromatic heterocycles. The summed E-state index contributed by atoms with van der Waals surface area (Å²) in [5.41, 5.74) is 2.33. The first kappa shape index (κ1) is 13.6. The highest BCUT2D eigenvalue weighted by Gasteiger charge is 2.28. The van der Waals surface area contributed by atoms with Crippen molar-refractivity contribution in [2.75, 3.05) is 13.1 Å². The van der Waals surface area contributed by atoms with Crippen LogP contribution in [-0.4, -0.2) is 36.6 Å². The molecule has 2 aromatic rings. The van der Waals surface area contributed by atoms with Gasteiger partial charge in [0.1, 0.15) is 0 Å². The summed E-state index contributed by atoms with van der Waals surface area (Å²) in [7, 11) is -3.43. The molecule has 5 nitrogen and oxygen atoms in total. The SMILES string of the molecule is NS(=O)(=O)C1CCCN(Cc2cccc3[nH]ccc23)C1. The number of nitrogens with one attached hydrogen (secondary N) is 1. The molecule has 1 atom stereocenters. The number of fused-ring (bicyclic) bond motifs is 1. The van der Waals surface area contributed by atoms with E-state index >= 15 is 0 Å². The second-order valence-electron chi connectivity index (χ2n) is 5.44. The number of aromatic amines is 1. The van der Waals surface area contributed by atoms with Gasteiger partial charge >= 0.3 is 0 Å². The Bertz CT molecular complexity index is 708. The van der Waals surface area contributed by atoms with Crippen molar-refractivity contribution in [1.29, 1.82) is 0 Å². The Kier molecular flexibility index (Phi) is 3.54. The lowest BCUT2D eigenvalue weighted by Crippen LogP contribution is -2.44. The Morgan fingerprint density at radius 3 is 3.00 bits per heavy atom. The molecule has 2 heterocycles. The maximum atomic E-state index is 11.5. The van der Waals surface area contributed by atoms with Crippen LogP contribution in [0.15, 0.2) is 30.5 Å². The summed E-state index contributed by atoms with van der Waals surface area (Å²) in [5.74, 6) is 0. The number of likely N-dealkylation sites (tertiary alicyclic amines) is 1. The smallest absolute Gasteiger partial charge is 0.213 e. The zero-order chi connectivity index (χ0) is 14.2. The van der Waals surface area contributed by atoms with Gasteiger partial charge in [0.25, 0.3) is 0 Å². The molecule has 0 spiro atoms. The number of hydrogen-bond acceptors (Lipinski definition) is 3. The van der Waals surface area contributed by atoms with Gasteiger partial charge < -0.3 is 4.98 Å². The highest BCUT2D eigenvalue weighted by atomic mass is 32.2. The first-order chi connectivity index (χ1) is 9.54. The van der Waals surface area contributed by atoms with Crippen molar-refractivity contribution in [1.82, 2.24) is 9.88 Å². The molecule has 1 fully saturated rings. The summed E-state index contributed by atoms with van der Waals surface area (Å²) >= 11 is 0. The largest absolute Gasteiger partial charge is 0.361 e. The Balaban J connectivity index is 1.79. The average Bonchev–Trinajstić information content (AvgIpc) is 2.87. The second-order valence-corrected chi connectivity index (χ2v) is 7.29. The molecule has 1 aliphatic rings. The van der Waals surface area contributed by atoms with Gasteiger partial charge in [-0.1, -0.05) is 12.1 Å². The fraction of sp³-hybridized carbons (Fsp3) is 0.429. The topological polar surface area (TPSA) is 79.2 Å². The Labute approximate surface area is 118 Å². The fourth-order valence-electron chi connectivity index (χ4n) is 2.95. The average molecular weight is 293 g/mol. The molecular formula is C14H19N3O2S. The van der Waals surface area contributed by atoms with E-state index in [0.29, 0.717) is 13.0 Å². The predicted molar refractivity (Wildman–Crippen MR) is 79.7 cm³/mol. The zero-order valence-corrected chi connectivity index (χ0v) is 12.1. The van der Waals surface area contributed by atoms with Crippen LogP contribution in [0.4, 0.5) is 0 Å². The number of nitrogens with two attached hydrogens (primary N) is 1. The zero-order valence-electron chi connectivity index (χ0n) is 11.2. The monoisotopic (exact) mass is 293 g/mol. The van der Waals surface area contributed by atoms with E-state index in [2.05, 4.69) is 22.0 Å². The van der Waals surface area contributed by atoms with E-state index in [9.17, 15) is 8.42 Å². The van der Waals surface area contributed by atoms with Gasteiger partial charge in [-0.25, -0.2) is 13.6 Å². The van der Waals surface area contributed by atoms with Crippen LogP contribution in [0.5, 0.6) is 0 Å². The molecule has 1 aliphatic heterocycles. The van der Waals surface area contributed by atoms with Crippen LogP contribution in [0.3, 0.4) is 0 Å². The van der Waals surface area contributed by atoms with Crippen LogP contribution >= 0.6 is 0 Å². The molecule has 108 valence electrons. The van der Waals surface area contributed by atoms with Crippen LogP contribution < -0.4 is 5.14 Å². The van der Waals surface area contributed by atoms with E-state index in [0.717, 1.165) is 25.0 Å². The van der Waals surface area contributed by atoms with E-state index < -0.39 is 15.3 Å². The number of sulfonamides is 1. The van der Waals surface area contributed by atoms with Gasteiger partial charge in [-0.2, -0.15) is 0 Å². The summed E-state index contributed by atoms with van der Waals surface area (Å²) in [4.78, 5) is 5.38. The number of piperidine rings is 1. The first-order valence-electron chi connectivity index (χ1n) is 6.83. The maximum Gasteiger partial charge on any atom is 0.213 e. The number of rotatable bonds is 3. The lowest BCUT2D eigenvalue weighted by atomic mass is 10.1. The molecule has 1 saturated heterocycles. The molecule has 6 heteroatoms. The van der Waals surface area contributed by atoms with Crippen LogP contribution in [0.2, 0.25) is 0 Å². The number of nitrogens with zero attached hydrogens (tertiary/aromatic N) is 1. The number of aromatic nitrogens is 1. The van der Waals surface area contributed by atoms with Gasteiger partial charge in [-0.3, -0.25) is 4.90 Å². The number of benzene rings is 1. The molecule has 0 radical (unpaired) electrons. The normalized spacial score (nSPS) is 21.4. The van der Waals surface area contributed by atoms with Gasteiger partial charge in [-0.05, 0) is 37.1 Å². The predicted octanol–water partition coefficient (Wildman–Crippen LogP) is 1.42. The third-order valence-electron chi connectivity index (χ3n) is 4.01. The molecule has 1 unspecified atom stereocenters. The standard InChI is InChI=1S/C14H19N3O2S/c15-20(18,19)12-4-2-8-17(10-12)9-11-3-1-5-14-13(11)6-7-16-14/h1,3,5-7,12,16H,2,4,8-10H2,(H2,15,18,19). The van der Waals surface area contributed by atoms with Gasteiger partial charge in [0.05, 0.1) is 5.25 Å². The highest BCUT2D eigenvalue weighted by Crippen LogP contribution is 2.22. The van der Waals surface area contributed by atoms with Crippen molar-refractivity contribution < 1.29 is 8.42 Å².